The fourth-order valence-corrected chi connectivity index (χ4v) is 7.88. The van der Waals surface area contributed by atoms with Crippen LogP contribution in [-0.2, 0) is 20.9 Å². The minimum Gasteiger partial charge on any atom is -0.378 e. The summed E-state index contributed by atoms with van der Waals surface area (Å²) in [5.74, 6) is 1.72. The summed E-state index contributed by atoms with van der Waals surface area (Å²) >= 11 is 1.77. The number of carbonyl (C=O) groups is 2. The Morgan fingerprint density at radius 1 is 1.11 bits per heavy atom. The topological polar surface area (TPSA) is 120 Å². The van der Waals surface area contributed by atoms with Gasteiger partial charge in [0.15, 0.2) is 11.6 Å². The van der Waals surface area contributed by atoms with Crippen molar-refractivity contribution in [3.63, 3.8) is 0 Å². The van der Waals surface area contributed by atoms with E-state index in [0.29, 0.717) is 25.5 Å². The molecule has 2 aliphatic heterocycles. The molecule has 230 valence electrons. The van der Waals surface area contributed by atoms with Gasteiger partial charge in [0.1, 0.15) is 0 Å². The number of H-pyrrole nitrogens is 1. The molecule has 3 aliphatic rings. The van der Waals surface area contributed by atoms with Gasteiger partial charge in [-0.2, -0.15) is 5.10 Å². The zero-order valence-corrected chi connectivity index (χ0v) is 25.7. The number of morpholine rings is 1. The van der Waals surface area contributed by atoms with Gasteiger partial charge in [-0.25, -0.2) is 9.97 Å². The zero-order valence-electron chi connectivity index (χ0n) is 24.8. The predicted molar refractivity (Wildman–Crippen MR) is 171 cm³/mol. The minimum absolute atomic E-state index is 0.0210. The lowest BCUT2D eigenvalue weighted by atomic mass is 9.84. The van der Waals surface area contributed by atoms with Crippen LogP contribution in [0.4, 0.5) is 5.82 Å². The van der Waals surface area contributed by atoms with Gasteiger partial charge in [0.25, 0.3) is 0 Å². The second-order valence-electron chi connectivity index (χ2n) is 11.9. The van der Waals surface area contributed by atoms with Crippen molar-refractivity contribution in [3.05, 3.63) is 48.0 Å². The Morgan fingerprint density at radius 3 is 2.77 bits per heavy atom. The van der Waals surface area contributed by atoms with Gasteiger partial charge in [0.05, 0.1) is 35.1 Å². The van der Waals surface area contributed by atoms with Gasteiger partial charge < -0.3 is 19.9 Å². The fraction of sp³-hybridized carbons (Fsp3) is 0.469. The number of thiophene rings is 1. The first-order valence-electron chi connectivity index (χ1n) is 15.6. The van der Waals surface area contributed by atoms with E-state index in [9.17, 15) is 9.59 Å². The van der Waals surface area contributed by atoms with E-state index in [-0.39, 0.29) is 23.8 Å². The predicted octanol–water partition coefficient (Wildman–Crippen LogP) is 3.58. The lowest BCUT2D eigenvalue weighted by Crippen LogP contribution is -2.51. The number of rotatable bonds is 7. The molecule has 2 amide bonds. The van der Waals surface area contributed by atoms with Gasteiger partial charge in [-0.3, -0.25) is 19.6 Å². The lowest BCUT2D eigenvalue weighted by Gasteiger charge is -2.38. The molecular formula is C32H38N8O3S. The number of aromatic amines is 1. The van der Waals surface area contributed by atoms with Crippen molar-refractivity contribution in [2.45, 2.75) is 38.3 Å². The zero-order chi connectivity index (χ0) is 30.0. The van der Waals surface area contributed by atoms with E-state index in [2.05, 4.69) is 44.0 Å². The largest absolute Gasteiger partial charge is 0.378 e. The van der Waals surface area contributed by atoms with Gasteiger partial charge >= 0.3 is 0 Å². The van der Waals surface area contributed by atoms with E-state index >= 15 is 0 Å². The number of amides is 2. The Hall–Kier alpha value is -3.87. The molecular weight excluding hydrogens is 576 g/mol. The van der Waals surface area contributed by atoms with Crippen LogP contribution in [0.15, 0.2) is 43.1 Å². The van der Waals surface area contributed by atoms with Gasteiger partial charge in [0, 0.05) is 73.6 Å². The number of benzene rings is 1. The molecule has 11 nitrogen and oxygen atoms in total. The normalized spacial score (nSPS) is 21.5. The van der Waals surface area contributed by atoms with Crippen LogP contribution in [0, 0.1) is 5.92 Å². The number of carbonyl (C=O) groups excluding carboxylic acids is 2. The summed E-state index contributed by atoms with van der Waals surface area (Å²) in [6.07, 6.45) is 6.62. The number of nitrogens with zero attached hydrogens (tertiary/aromatic N) is 6. The number of hydrogen-bond donors (Lipinski definition) is 2. The summed E-state index contributed by atoms with van der Waals surface area (Å²) in [6, 6.07) is 8.34. The highest BCUT2D eigenvalue weighted by molar-refractivity contribution is 7.19. The molecule has 2 N–H and O–H groups in total. The van der Waals surface area contributed by atoms with Crippen LogP contribution in [-0.4, -0.2) is 100 Å². The van der Waals surface area contributed by atoms with Crippen molar-refractivity contribution in [3.8, 4) is 11.4 Å². The van der Waals surface area contributed by atoms with Crippen LogP contribution in [0.2, 0.25) is 0 Å². The third kappa shape index (κ3) is 5.93. The Morgan fingerprint density at radius 2 is 1.95 bits per heavy atom. The van der Waals surface area contributed by atoms with Gasteiger partial charge in [-0.05, 0) is 37.5 Å². The van der Waals surface area contributed by atoms with Gasteiger partial charge in [-0.15, -0.1) is 11.3 Å². The summed E-state index contributed by atoms with van der Waals surface area (Å²) in [5, 5.41) is 11.3. The van der Waals surface area contributed by atoms with Crippen LogP contribution in [0.25, 0.3) is 32.5 Å². The number of anilines is 1. The molecule has 0 spiro atoms. The molecule has 1 aliphatic carbocycles. The molecule has 2 atom stereocenters. The van der Waals surface area contributed by atoms with E-state index < -0.39 is 0 Å². The number of ether oxygens (including phenoxy) is 1. The number of piperazine rings is 1. The van der Waals surface area contributed by atoms with E-state index in [4.69, 9.17) is 14.7 Å². The van der Waals surface area contributed by atoms with Crippen LogP contribution in [0.3, 0.4) is 0 Å². The highest BCUT2D eigenvalue weighted by Crippen LogP contribution is 2.36. The van der Waals surface area contributed by atoms with Crippen LogP contribution in [0.1, 0.15) is 30.6 Å². The molecule has 1 aromatic carbocycles. The first kappa shape index (κ1) is 28.9. The molecule has 44 heavy (non-hydrogen) atoms. The van der Waals surface area contributed by atoms with Crippen molar-refractivity contribution in [2.24, 2.45) is 5.92 Å². The van der Waals surface area contributed by atoms with E-state index in [1.807, 2.05) is 23.2 Å². The number of aromatic nitrogens is 4. The summed E-state index contributed by atoms with van der Waals surface area (Å²) in [5.41, 5.74) is 2.89. The first-order chi connectivity index (χ1) is 21.6. The highest BCUT2D eigenvalue weighted by atomic mass is 32.1. The van der Waals surface area contributed by atoms with E-state index in [1.165, 1.54) is 11.0 Å². The molecule has 2 unspecified atom stereocenters. The molecule has 3 fully saturated rings. The summed E-state index contributed by atoms with van der Waals surface area (Å²) in [6.45, 7) is 10.4. The molecule has 12 heteroatoms. The molecule has 4 aromatic rings. The number of fused-ring (bicyclic) bond motifs is 2. The molecule has 1 saturated carbocycles. The molecule has 0 bridgehead atoms. The van der Waals surface area contributed by atoms with Gasteiger partial charge in [0.2, 0.25) is 11.8 Å². The minimum atomic E-state index is -0.160. The third-order valence-electron chi connectivity index (χ3n) is 9.06. The van der Waals surface area contributed by atoms with E-state index in [1.54, 1.807) is 11.3 Å². The maximum atomic E-state index is 13.4. The Kier molecular flexibility index (Phi) is 8.28. The Bertz CT molecular complexity index is 1670. The quantitative estimate of drug-likeness (QED) is 0.303. The second kappa shape index (κ2) is 12.6. The number of nitrogens with one attached hydrogen (secondary N) is 2. The van der Waals surface area contributed by atoms with Crippen molar-refractivity contribution < 1.29 is 14.3 Å². The average molecular weight is 615 g/mol. The number of hydrogen-bond acceptors (Lipinski definition) is 9. The van der Waals surface area contributed by atoms with Crippen molar-refractivity contribution in [1.82, 2.24) is 35.3 Å². The summed E-state index contributed by atoms with van der Waals surface area (Å²) in [4.78, 5) is 43.3. The lowest BCUT2D eigenvalue weighted by molar-refractivity contribution is -0.139. The molecule has 3 aromatic heterocycles. The van der Waals surface area contributed by atoms with Crippen LogP contribution < -0.4 is 10.2 Å². The molecule has 0 radical (unpaired) electrons. The van der Waals surface area contributed by atoms with Gasteiger partial charge in [-0.1, -0.05) is 25.1 Å². The summed E-state index contributed by atoms with van der Waals surface area (Å²) < 4.78 is 6.75. The third-order valence-corrected chi connectivity index (χ3v) is 10.2. The van der Waals surface area contributed by atoms with Crippen molar-refractivity contribution >= 4 is 50.1 Å². The van der Waals surface area contributed by atoms with E-state index in [0.717, 1.165) is 97.6 Å². The van der Waals surface area contributed by atoms with Crippen LogP contribution >= 0.6 is 11.3 Å². The first-order valence-corrected chi connectivity index (χ1v) is 16.4. The monoisotopic (exact) mass is 614 g/mol. The summed E-state index contributed by atoms with van der Waals surface area (Å²) in [7, 11) is 0. The molecule has 5 heterocycles. The Balaban J connectivity index is 1.06. The average Bonchev–Trinajstić information content (AvgIpc) is 3.71. The van der Waals surface area contributed by atoms with Crippen molar-refractivity contribution in [2.75, 3.05) is 57.4 Å². The fourth-order valence-electron chi connectivity index (χ4n) is 6.73. The van der Waals surface area contributed by atoms with Crippen LogP contribution in [0.5, 0.6) is 0 Å². The SMILES string of the molecule is C=CC(=O)NC1CCCC(C(=O)N2CCN(Cc3cc4nc(-c5cccc6[nH]ncc56)nc(N5CCOCC5)c4s3)CC2)C1. The Labute approximate surface area is 260 Å². The molecule has 7 rings (SSSR count). The second-order valence-corrected chi connectivity index (χ2v) is 13.0. The maximum Gasteiger partial charge on any atom is 0.243 e. The van der Waals surface area contributed by atoms with Crippen molar-refractivity contribution in [1.29, 1.82) is 0 Å². The maximum absolute atomic E-state index is 13.4. The highest BCUT2D eigenvalue weighted by Gasteiger charge is 2.32. The molecule has 2 saturated heterocycles. The standard InChI is InChI=1S/C32H38N8O3S/c1-2-28(41)34-22-6-3-5-21(17-22)32(42)40-11-9-38(10-12-40)20-23-18-27-29(44-23)31(39-13-15-43-16-14-39)36-30(35-27)24-7-4-8-26-25(24)19-33-37-26/h2,4,7-8,18-19,21-22H,1,3,5-6,9-17,20H2,(H,33,37)(H,34,41). The smallest absolute Gasteiger partial charge is 0.243 e.